The van der Waals surface area contributed by atoms with E-state index in [2.05, 4.69) is 15.1 Å². The normalized spacial score (nSPS) is 12.1. The Balaban J connectivity index is 2.32. The first-order chi connectivity index (χ1) is 12.6. The number of nitrogens with zero attached hydrogens (tertiary/aromatic N) is 3. The molecule has 12 heteroatoms. The Hall–Kier alpha value is -1.42. The zero-order chi connectivity index (χ0) is 20.2. The van der Waals surface area contributed by atoms with E-state index in [0.717, 1.165) is 28.2 Å². The molecular weight excluding hydrogens is 450 g/mol. The highest BCUT2D eigenvalue weighted by Gasteiger charge is 2.38. The van der Waals surface area contributed by atoms with E-state index in [4.69, 9.17) is 34.8 Å². The van der Waals surface area contributed by atoms with Gasteiger partial charge in [0.25, 0.3) is 0 Å². The quantitative estimate of drug-likeness (QED) is 0.199. The van der Waals surface area contributed by atoms with E-state index in [1.54, 1.807) is 24.3 Å². The Morgan fingerprint density at radius 2 is 2.07 bits per heavy atom. The van der Waals surface area contributed by atoms with Crippen molar-refractivity contribution >= 4 is 58.7 Å². The van der Waals surface area contributed by atoms with E-state index >= 15 is 0 Å². The van der Waals surface area contributed by atoms with E-state index in [9.17, 15) is 18.0 Å². The van der Waals surface area contributed by atoms with Gasteiger partial charge in [0.2, 0.25) is 4.84 Å². The molecule has 0 spiro atoms. The lowest BCUT2D eigenvalue weighted by atomic mass is 10.2. The largest absolute Gasteiger partial charge is 0.435 e. The maximum Gasteiger partial charge on any atom is 0.435 e. The molecule has 5 nitrogen and oxygen atoms in total. The fraction of sp³-hybridized carbons (Fsp3) is 0.267. The number of benzene rings is 1. The summed E-state index contributed by atoms with van der Waals surface area (Å²) in [5, 5.41) is 7.40. The lowest BCUT2D eigenvalue weighted by Crippen LogP contribution is -2.11. The summed E-state index contributed by atoms with van der Waals surface area (Å²) in [6, 6.07) is 6.95. The van der Waals surface area contributed by atoms with E-state index in [1.165, 1.54) is 7.05 Å². The maximum atomic E-state index is 13.3. The summed E-state index contributed by atoms with van der Waals surface area (Å²) in [6.07, 6.45) is -3.98. The minimum Gasteiger partial charge on any atom is -0.315 e. The van der Waals surface area contributed by atoms with Gasteiger partial charge in [0.15, 0.2) is 5.69 Å². The third-order valence-corrected chi connectivity index (χ3v) is 5.06. The van der Waals surface area contributed by atoms with Gasteiger partial charge >= 0.3 is 12.1 Å². The van der Waals surface area contributed by atoms with Crippen molar-refractivity contribution in [2.45, 2.75) is 21.8 Å². The Morgan fingerprint density at radius 1 is 1.41 bits per heavy atom. The molecule has 0 saturated heterocycles. The molecule has 0 radical (unpaired) electrons. The van der Waals surface area contributed by atoms with Crippen LogP contribution in [0.25, 0.3) is 0 Å². The minimum atomic E-state index is -4.73. The number of oxime groups is 1. The molecule has 0 unspecified atom stereocenters. The molecule has 1 heterocycles. The van der Waals surface area contributed by atoms with Crippen LogP contribution < -0.4 is 0 Å². The van der Waals surface area contributed by atoms with Crippen molar-refractivity contribution in [1.82, 2.24) is 9.78 Å². The van der Waals surface area contributed by atoms with Crippen molar-refractivity contribution in [3.63, 3.8) is 0 Å². The third kappa shape index (κ3) is 5.78. The summed E-state index contributed by atoms with van der Waals surface area (Å²) in [5.74, 6) is -0.819. The van der Waals surface area contributed by atoms with Crippen LogP contribution in [0.3, 0.4) is 0 Å². The van der Waals surface area contributed by atoms with Crippen LogP contribution in [-0.2, 0) is 28.6 Å². The summed E-state index contributed by atoms with van der Waals surface area (Å²) >= 11 is 17.7. The Labute approximate surface area is 171 Å². The molecule has 146 valence electrons. The van der Waals surface area contributed by atoms with Crippen LogP contribution in [0.4, 0.5) is 13.2 Å². The predicted octanol–water partition coefficient (Wildman–Crippen LogP) is 5.07. The first kappa shape index (κ1) is 21.9. The lowest BCUT2D eigenvalue weighted by molar-refractivity contribution is -0.141. The molecule has 2 aromatic rings. The molecule has 0 aliphatic carbocycles. The summed E-state index contributed by atoms with van der Waals surface area (Å²) in [7, 11) is 1.36. The summed E-state index contributed by atoms with van der Waals surface area (Å²) < 4.78 is 40.9. The SMILES string of the molecule is Cn1nc(C(F)(F)F)c(/C=N\OC(=O)C(Cl)Cl)c1SCc1ccccc1Cl. The van der Waals surface area contributed by atoms with Crippen molar-refractivity contribution in [3.05, 3.63) is 46.1 Å². The number of aromatic nitrogens is 2. The van der Waals surface area contributed by atoms with Crippen LogP contribution in [0.1, 0.15) is 16.8 Å². The van der Waals surface area contributed by atoms with Crippen LogP contribution >= 0.6 is 46.6 Å². The maximum absolute atomic E-state index is 13.3. The topological polar surface area (TPSA) is 56.5 Å². The predicted molar refractivity (Wildman–Crippen MR) is 98.4 cm³/mol. The van der Waals surface area contributed by atoms with Gasteiger partial charge in [0.1, 0.15) is 5.03 Å². The molecule has 0 aliphatic rings. The Kier molecular flexibility index (Phi) is 7.44. The van der Waals surface area contributed by atoms with Crippen LogP contribution in [0.15, 0.2) is 34.4 Å². The second-order valence-electron chi connectivity index (χ2n) is 5.01. The zero-order valence-corrected chi connectivity index (χ0v) is 16.6. The second kappa shape index (κ2) is 9.18. The average Bonchev–Trinajstić information content (AvgIpc) is 2.90. The highest BCUT2D eigenvalue weighted by Crippen LogP contribution is 2.36. The third-order valence-electron chi connectivity index (χ3n) is 3.12. The van der Waals surface area contributed by atoms with Gasteiger partial charge in [-0.25, -0.2) is 4.79 Å². The van der Waals surface area contributed by atoms with Crippen LogP contribution in [-0.4, -0.2) is 26.8 Å². The molecule has 0 fully saturated rings. The molecule has 27 heavy (non-hydrogen) atoms. The number of rotatable bonds is 6. The molecule has 2 rings (SSSR count). The lowest BCUT2D eigenvalue weighted by Gasteiger charge is -2.06. The molecule has 1 aromatic heterocycles. The van der Waals surface area contributed by atoms with Crippen molar-refractivity contribution in [2.75, 3.05) is 0 Å². The first-order valence-corrected chi connectivity index (χ1v) is 9.37. The highest BCUT2D eigenvalue weighted by atomic mass is 35.5. The summed E-state index contributed by atoms with van der Waals surface area (Å²) in [5.41, 5.74) is -0.782. The van der Waals surface area contributed by atoms with Gasteiger partial charge in [-0.05, 0) is 11.6 Å². The molecule has 0 saturated carbocycles. The van der Waals surface area contributed by atoms with Crippen LogP contribution in [0.5, 0.6) is 0 Å². The average molecular weight is 461 g/mol. The number of aryl methyl sites for hydroxylation is 1. The molecule has 0 atom stereocenters. The number of carbonyl (C=O) groups excluding carboxylic acids is 1. The second-order valence-corrected chi connectivity index (χ2v) is 7.48. The van der Waals surface area contributed by atoms with Gasteiger partial charge in [0.05, 0.1) is 11.8 Å². The standard InChI is InChI=1S/C15H11Cl3F3N3O2S/c1-24-13(27-7-8-4-2-3-5-10(8)16)9(11(23-24)15(19,20)21)6-22-26-14(25)12(17)18/h2-6,12H,7H2,1H3/b22-6-. The number of halogens is 6. The van der Waals surface area contributed by atoms with Gasteiger partial charge in [-0.1, -0.05) is 58.2 Å². The monoisotopic (exact) mass is 459 g/mol. The number of carbonyl (C=O) groups is 1. The van der Waals surface area contributed by atoms with Crippen molar-refractivity contribution in [3.8, 4) is 0 Å². The minimum absolute atomic E-state index is 0.162. The van der Waals surface area contributed by atoms with Gasteiger partial charge in [-0.15, -0.1) is 11.8 Å². The Morgan fingerprint density at radius 3 is 2.67 bits per heavy atom. The number of alkyl halides is 5. The highest BCUT2D eigenvalue weighted by molar-refractivity contribution is 7.98. The van der Waals surface area contributed by atoms with Crippen LogP contribution in [0.2, 0.25) is 5.02 Å². The summed E-state index contributed by atoms with van der Waals surface area (Å²) in [4.78, 5) is 14.0. The van der Waals surface area contributed by atoms with Crippen LogP contribution in [0, 0.1) is 0 Å². The molecule has 0 N–H and O–H groups in total. The fourth-order valence-corrected chi connectivity index (χ4v) is 3.39. The van der Waals surface area contributed by atoms with E-state index < -0.39 is 22.7 Å². The molecule has 0 aliphatic heterocycles. The first-order valence-electron chi connectivity index (χ1n) is 7.14. The van der Waals surface area contributed by atoms with Gasteiger partial charge in [0, 0.05) is 17.8 Å². The molecule has 0 amide bonds. The van der Waals surface area contributed by atoms with Gasteiger partial charge in [-0.2, -0.15) is 18.3 Å². The number of hydrogen-bond acceptors (Lipinski definition) is 5. The fourth-order valence-electron chi connectivity index (χ4n) is 1.95. The molecule has 0 bridgehead atoms. The van der Waals surface area contributed by atoms with Crippen molar-refractivity contribution in [2.24, 2.45) is 12.2 Å². The van der Waals surface area contributed by atoms with Gasteiger partial charge < -0.3 is 4.84 Å². The number of thioether (sulfide) groups is 1. The zero-order valence-electron chi connectivity index (χ0n) is 13.5. The summed E-state index contributed by atoms with van der Waals surface area (Å²) in [6.45, 7) is 0. The smallest absolute Gasteiger partial charge is 0.315 e. The van der Waals surface area contributed by atoms with E-state index in [1.807, 2.05) is 0 Å². The molecule has 1 aromatic carbocycles. The van der Waals surface area contributed by atoms with E-state index in [-0.39, 0.29) is 10.6 Å². The Bertz CT molecular complexity index is 857. The van der Waals surface area contributed by atoms with Crippen molar-refractivity contribution in [1.29, 1.82) is 0 Å². The van der Waals surface area contributed by atoms with Crippen molar-refractivity contribution < 1.29 is 22.8 Å². The van der Waals surface area contributed by atoms with E-state index in [0.29, 0.717) is 10.8 Å². The van der Waals surface area contributed by atoms with Gasteiger partial charge in [-0.3, -0.25) is 4.68 Å². The number of hydrogen-bond donors (Lipinski definition) is 0. The molecular formula is C15H11Cl3F3N3O2S.